The van der Waals surface area contributed by atoms with Gasteiger partial charge in [-0.2, -0.15) is 13.2 Å². The average Bonchev–Trinajstić information content (AvgIpc) is 2.78. The van der Waals surface area contributed by atoms with Crippen LogP contribution in [0.5, 0.6) is 0 Å². The highest BCUT2D eigenvalue weighted by Gasteiger charge is 2.34. The Kier molecular flexibility index (Phi) is 10.1. The van der Waals surface area contributed by atoms with Gasteiger partial charge >= 0.3 is 18.2 Å². The maximum Gasteiger partial charge on any atom is 0.419 e. The maximum absolute atomic E-state index is 13.4. The summed E-state index contributed by atoms with van der Waals surface area (Å²) in [6.45, 7) is 7.59. The molecule has 1 aromatic rings. The third-order valence-electron chi connectivity index (χ3n) is 5.63. The lowest BCUT2D eigenvalue weighted by molar-refractivity contribution is -0.143. The van der Waals surface area contributed by atoms with Crippen LogP contribution >= 0.6 is 0 Å². The van der Waals surface area contributed by atoms with Gasteiger partial charge in [-0.3, -0.25) is 9.59 Å². The minimum Gasteiger partial charge on any atom is -0.481 e. The lowest BCUT2D eigenvalue weighted by Gasteiger charge is -2.32. The Morgan fingerprint density at radius 3 is 2.31 bits per heavy atom. The number of anilines is 1. The molecule has 0 unspecified atom stereocenters. The molecular formula is C24H33F4N3O5. The predicted octanol–water partition coefficient (Wildman–Crippen LogP) is 4.50. The zero-order valence-corrected chi connectivity index (χ0v) is 20.6. The highest BCUT2D eigenvalue weighted by Crippen LogP contribution is 2.32. The molecule has 2 aliphatic rings. The Morgan fingerprint density at radius 2 is 1.78 bits per heavy atom. The molecule has 12 heteroatoms. The van der Waals surface area contributed by atoms with E-state index in [9.17, 15) is 31.9 Å². The zero-order chi connectivity index (χ0) is 27.1. The standard InChI is InChI=1S/C13H14F4N2O.C11H19NO4/c14-11-6-9(3-4-10(11)13(15,16)17)19-12(20)8-2-1-5-18-7-8;1-11(2,3)16-10(15)12-6-4-5-8(7-12)9(13)14/h3-4,6,8,18H,1-2,5,7H2,(H,19,20);8H,4-7H2,1-3H3,(H,13,14)/t2*8-/m00/s1. The molecule has 2 atom stereocenters. The van der Waals surface area contributed by atoms with Crippen LogP contribution in [0.15, 0.2) is 18.2 Å². The Hall–Kier alpha value is -2.89. The lowest BCUT2D eigenvalue weighted by atomic mass is 9.99. The fraction of sp³-hybridized carbons (Fsp3) is 0.625. The van der Waals surface area contributed by atoms with Crippen molar-refractivity contribution in [3.63, 3.8) is 0 Å². The van der Waals surface area contributed by atoms with Crippen LogP contribution in [-0.2, 0) is 20.5 Å². The number of alkyl halides is 3. The fourth-order valence-electron chi connectivity index (χ4n) is 3.81. The molecule has 2 aliphatic heterocycles. The van der Waals surface area contributed by atoms with Crippen molar-refractivity contribution in [1.29, 1.82) is 0 Å². The van der Waals surface area contributed by atoms with Gasteiger partial charge in [0.15, 0.2) is 0 Å². The van der Waals surface area contributed by atoms with Gasteiger partial charge in [-0.15, -0.1) is 0 Å². The van der Waals surface area contributed by atoms with Gasteiger partial charge in [0.2, 0.25) is 5.91 Å². The number of amides is 2. The summed E-state index contributed by atoms with van der Waals surface area (Å²) in [5, 5.41) is 14.4. The van der Waals surface area contributed by atoms with Crippen molar-refractivity contribution >= 4 is 23.7 Å². The summed E-state index contributed by atoms with van der Waals surface area (Å²) >= 11 is 0. The van der Waals surface area contributed by atoms with Gasteiger partial charge in [-0.05, 0) is 71.2 Å². The van der Waals surface area contributed by atoms with Crippen LogP contribution in [0.4, 0.5) is 28.0 Å². The summed E-state index contributed by atoms with van der Waals surface area (Å²) in [7, 11) is 0. The van der Waals surface area contributed by atoms with E-state index in [0.717, 1.165) is 25.5 Å². The molecule has 2 amide bonds. The van der Waals surface area contributed by atoms with Crippen LogP contribution in [0.3, 0.4) is 0 Å². The summed E-state index contributed by atoms with van der Waals surface area (Å²) < 4.78 is 55.7. The number of benzene rings is 1. The third-order valence-corrected chi connectivity index (χ3v) is 5.63. The first kappa shape index (κ1) is 29.3. The number of carbonyl (C=O) groups is 3. The Labute approximate surface area is 207 Å². The molecule has 0 spiro atoms. The van der Waals surface area contributed by atoms with Crippen molar-refractivity contribution in [2.75, 3.05) is 31.5 Å². The minimum absolute atomic E-state index is 0.0334. The number of aliphatic carboxylic acids is 1. The molecule has 0 saturated carbocycles. The smallest absolute Gasteiger partial charge is 0.419 e. The van der Waals surface area contributed by atoms with Crippen molar-refractivity contribution in [3.8, 4) is 0 Å². The third kappa shape index (κ3) is 9.29. The molecule has 8 nitrogen and oxygen atoms in total. The van der Waals surface area contributed by atoms with Crippen LogP contribution in [-0.4, -0.2) is 59.8 Å². The van der Waals surface area contributed by atoms with Gasteiger partial charge in [-0.25, -0.2) is 9.18 Å². The zero-order valence-electron chi connectivity index (χ0n) is 20.6. The number of carbonyl (C=O) groups excluding carboxylic acids is 2. The van der Waals surface area contributed by atoms with E-state index in [-0.39, 0.29) is 24.1 Å². The number of nitrogens with zero attached hydrogens (tertiary/aromatic N) is 1. The SMILES string of the molecule is CC(C)(C)OC(=O)N1CCC[C@H](C(=O)O)C1.O=C(Nc1ccc(C(F)(F)F)c(F)c1)[C@H]1CCCNC1. The van der Waals surface area contributed by atoms with Crippen LogP contribution in [0, 0.1) is 17.7 Å². The molecule has 202 valence electrons. The molecule has 0 radical (unpaired) electrons. The number of piperidine rings is 2. The van der Waals surface area contributed by atoms with E-state index in [0.29, 0.717) is 38.1 Å². The number of likely N-dealkylation sites (tertiary alicyclic amines) is 1. The highest BCUT2D eigenvalue weighted by atomic mass is 19.4. The normalized spacial score (nSPS) is 20.6. The van der Waals surface area contributed by atoms with Crippen molar-refractivity contribution in [3.05, 3.63) is 29.6 Å². The van der Waals surface area contributed by atoms with Crippen molar-refractivity contribution in [1.82, 2.24) is 10.2 Å². The summed E-state index contributed by atoms with van der Waals surface area (Å²) in [5.74, 6) is -3.24. The van der Waals surface area contributed by atoms with E-state index in [1.54, 1.807) is 20.8 Å². The first-order valence-electron chi connectivity index (χ1n) is 11.8. The van der Waals surface area contributed by atoms with Gasteiger partial charge in [-0.1, -0.05) is 0 Å². The first-order valence-corrected chi connectivity index (χ1v) is 11.8. The second kappa shape index (κ2) is 12.4. The van der Waals surface area contributed by atoms with Gasteiger partial charge < -0.3 is 25.4 Å². The lowest BCUT2D eigenvalue weighted by Crippen LogP contribution is -2.44. The molecule has 0 aliphatic carbocycles. The monoisotopic (exact) mass is 519 g/mol. The Bertz CT molecular complexity index is 927. The molecule has 0 aromatic heterocycles. The predicted molar refractivity (Wildman–Crippen MR) is 124 cm³/mol. The Balaban J connectivity index is 0.000000261. The molecule has 1 aromatic carbocycles. The second-order valence-electron chi connectivity index (χ2n) is 9.83. The van der Waals surface area contributed by atoms with Gasteiger partial charge in [0.05, 0.1) is 17.4 Å². The largest absolute Gasteiger partial charge is 0.481 e. The topological polar surface area (TPSA) is 108 Å². The van der Waals surface area contributed by atoms with E-state index in [2.05, 4.69) is 10.6 Å². The quantitative estimate of drug-likeness (QED) is 0.508. The molecule has 2 fully saturated rings. The number of rotatable bonds is 3. The molecular weight excluding hydrogens is 486 g/mol. The second-order valence-corrected chi connectivity index (χ2v) is 9.83. The van der Waals surface area contributed by atoms with Crippen LogP contribution in [0.1, 0.15) is 52.0 Å². The Morgan fingerprint density at radius 1 is 1.11 bits per heavy atom. The van der Waals surface area contributed by atoms with Gasteiger partial charge in [0, 0.05) is 25.3 Å². The molecule has 2 saturated heterocycles. The number of nitrogens with one attached hydrogen (secondary N) is 2. The number of carboxylic acids is 1. The summed E-state index contributed by atoms with van der Waals surface area (Å²) in [6, 6.07) is 2.38. The van der Waals surface area contributed by atoms with E-state index < -0.39 is 41.1 Å². The van der Waals surface area contributed by atoms with Crippen LogP contribution in [0.25, 0.3) is 0 Å². The number of carboxylic acid groups (broad SMARTS) is 1. The molecule has 3 rings (SSSR count). The van der Waals surface area contributed by atoms with E-state index in [4.69, 9.17) is 9.84 Å². The number of ether oxygens (including phenoxy) is 1. The minimum atomic E-state index is -4.74. The first-order chi connectivity index (χ1) is 16.7. The summed E-state index contributed by atoms with van der Waals surface area (Å²) in [5.41, 5.74) is -1.84. The fourth-order valence-corrected chi connectivity index (χ4v) is 3.81. The van der Waals surface area contributed by atoms with Crippen molar-refractivity contribution < 1.29 is 41.8 Å². The van der Waals surface area contributed by atoms with E-state index in [1.165, 1.54) is 4.90 Å². The van der Waals surface area contributed by atoms with E-state index in [1.807, 2.05) is 0 Å². The van der Waals surface area contributed by atoms with Crippen molar-refractivity contribution in [2.24, 2.45) is 11.8 Å². The van der Waals surface area contributed by atoms with Crippen molar-refractivity contribution in [2.45, 2.75) is 58.2 Å². The number of hydrogen-bond donors (Lipinski definition) is 3. The highest BCUT2D eigenvalue weighted by molar-refractivity contribution is 5.92. The van der Waals surface area contributed by atoms with Gasteiger partial charge in [0.25, 0.3) is 0 Å². The summed E-state index contributed by atoms with van der Waals surface area (Å²) in [6.07, 6.45) is -2.23. The van der Waals surface area contributed by atoms with E-state index >= 15 is 0 Å². The number of halogens is 4. The average molecular weight is 520 g/mol. The molecule has 0 bridgehead atoms. The molecule has 3 N–H and O–H groups in total. The van der Waals surface area contributed by atoms with Crippen LogP contribution in [0.2, 0.25) is 0 Å². The number of hydrogen-bond acceptors (Lipinski definition) is 5. The van der Waals surface area contributed by atoms with Gasteiger partial charge in [0.1, 0.15) is 11.4 Å². The summed E-state index contributed by atoms with van der Waals surface area (Å²) in [4.78, 5) is 35.9. The van der Waals surface area contributed by atoms with Crippen LogP contribution < -0.4 is 10.6 Å². The molecule has 2 heterocycles. The maximum atomic E-state index is 13.4. The molecule has 36 heavy (non-hydrogen) atoms.